The van der Waals surface area contributed by atoms with Crippen LogP contribution in [0.4, 0.5) is 8.78 Å². The molecule has 4 heteroatoms. The van der Waals surface area contributed by atoms with Gasteiger partial charge in [0.2, 0.25) is 5.82 Å². The van der Waals surface area contributed by atoms with E-state index in [4.69, 9.17) is 4.74 Å². The Kier molecular flexibility index (Phi) is 5.78. The highest BCUT2D eigenvalue weighted by Crippen LogP contribution is 2.18. The van der Waals surface area contributed by atoms with Gasteiger partial charge < -0.3 is 10.1 Å². The molecule has 0 aliphatic carbocycles. The van der Waals surface area contributed by atoms with Crippen LogP contribution in [0.2, 0.25) is 0 Å². The Morgan fingerprint density at radius 3 is 2.81 bits per heavy atom. The van der Waals surface area contributed by atoms with E-state index in [0.29, 0.717) is 13.2 Å². The van der Waals surface area contributed by atoms with E-state index in [-0.39, 0.29) is 5.75 Å². The maximum absolute atomic E-state index is 13.1. The predicted octanol–water partition coefficient (Wildman–Crippen LogP) is 2.73. The van der Waals surface area contributed by atoms with E-state index in [9.17, 15) is 8.78 Å². The maximum atomic E-state index is 13.1. The molecule has 1 aromatic carbocycles. The molecular weight excluding hydrogens is 212 g/mol. The fraction of sp³-hybridized carbons (Fsp3) is 0.500. The van der Waals surface area contributed by atoms with Gasteiger partial charge in [-0.05, 0) is 25.1 Å². The monoisotopic (exact) mass is 229 g/mol. The fourth-order valence-electron chi connectivity index (χ4n) is 1.26. The highest BCUT2D eigenvalue weighted by molar-refractivity contribution is 5.24. The minimum Gasteiger partial charge on any atom is -0.489 e. The van der Waals surface area contributed by atoms with Crippen molar-refractivity contribution in [2.75, 3.05) is 19.7 Å². The zero-order valence-corrected chi connectivity index (χ0v) is 9.43. The van der Waals surface area contributed by atoms with Gasteiger partial charge in [-0.25, -0.2) is 4.39 Å². The Morgan fingerprint density at radius 1 is 1.25 bits per heavy atom. The van der Waals surface area contributed by atoms with E-state index in [1.807, 2.05) is 0 Å². The van der Waals surface area contributed by atoms with Crippen molar-refractivity contribution in [2.24, 2.45) is 0 Å². The summed E-state index contributed by atoms with van der Waals surface area (Å²) >= 11 is 0. The molecule has 0 saturated heterocycles. The minimum absolute atomic E-state index is 0.0303. The fourth-order valence-corrected chi connectivity index (χ4v) is 1.26. The molecule has 2 nitrogen and oxygen atoms in total. The van der Waals surface area contributed by atoms with E-state index in [2.05, 4.69) is 12.2 Å². The standard InChI is InChI=1S/C12H17F2NO/c1-2-3-7-15-8-9-16-11-6-4-5-10(13)12(11)14/h4-6,15H,2-3,7-9H2,1H3. The molecule has 0 heterocycles. The van der Waals surface area contributed by atoms with Crippen molar-refractivity contribution in [3.05, 3.63) is 29.8 Å². The third kappa shape index (κ3) is 4.14. The second-order valence-corrected chi connectivity index (χ2v) is 3.50. The molecule has 0 aromatic heterocycles. The van der Waals surface area contributed by atoms with Crippen LogP contribution in [0.3, 0.4) is 0 Å². The van der Waals surface area contributed by atoms with Gasteiger partial charge in [0, 0.05) is 6.54 Å². The van der Waals surface area contributed by atoms with Gasteiger partial charge in [-0.15, -0.1) is 0 Å². The van der Waals surface area contributed by atoms with Gasteiger partial charge in [0.15, 0.2) is 11.6 Å². The normalized spacial score (nSPS) is 10.4. The first-order valence-corrected chi connectivity index (χ1v) is 5.53. The van der Waals surface area contributed by atoms with Crippen molar-refractivity contribution in [1.82, 2.24) is 5.32 Å². The second kappa shape index (κ2) is 7.17. The average molecular weight is 229 g/mol. The number of hydrogen-bond acceptors (Lipinski definition) is 2. The zero-order valence-electron chi connectivity index (χ0n) is 9.43. The SMILES string of the molecule is CCCCNCCOc1cccc(F)c1F. The molecule has 1 aromatic rings. The molecule has 1 rings (SSSR count). The molecule has 0 spiro atoms. The first kappa shape index (κ1) is 12.9. The van der Waals surface area contributed by atoms with Crippen LogP contribution in [0.15, 0.2) is 18.2 Å². The largest absolute Gasteiger partial charge is 0.489 e. The van der Waals surface area contributed by atoms with Gasteiger partial charge in [0.1, 0.15) is 6.61 Å². The number of halogens is 2. The average Bonchev–Trinajstić information content (AvgIpc) is 2.29. The van der Waals surface area contributed by atoms with E-state index in [0.717, 1.165) is 25.5 Å². The molecule has 0 radical (unpaired) electrons. The lowest BCUT2D eigenvalue weighted by atomic mass is 10.3. The maximum Gasteiger partial charge on any atom is 0.200 e. The summed E-state index contributed by atoms with van der Waals surface area (Å²) in [6.07, 6.45) is 2.24. The lowest BCUT2D eigenvalue weighted by molar-refractivity contribution is 0.293. The lowest BCUT2D eigenvalue weighted by Gasteiger charge is -2.08. The van der Waals surface area contributed by atoms with Crippen LogP contribution in [0.1, 0.15) is 19.8 Å². The topological polar surface area (TPSA) is 21.3 Å². The van der Waals surface area contributed by atoms with E-state index >= 15 is 0 Å². The van der Waals surface area contributed by atoms with Crippen molar-refractivity contribution >= 4 is 0 Å². The number of rotatable bonds is 7. The molecule has 1 N–H and O–H groups in total. The molecule has 0 bridgehead atoms. The number of unbranched alkanes of at least 4 members (excludes halogenated alkanes) is 1. The van der Waals surface area contributed by atoms with Crippen LogP contribution < -0.4 is 10.1 Å². The first-order chi connectivity index (χ1) is 7.75. The van der Waals surface area contributed by atoms with Crippen molar-refractivity contribution in [3.63, 3.8) is 0 Å². The Bertz CT molecular complexity index is 318. The van der Waals surface area contributed by atoms with E-state index in [1.165, 1.54) is 12.1 Å². The highest BCUT2D eigenvalue weighted by atomic mass is 19.2. The van der Waals surface area contributed by atoms with Crippen molar-refractivity contribution in [1.29, 1.82) is 0 Å². The third-order valence-corrected chi connectivity index (χ3v) is 2.16. The molecular formula is C12H17F2NO. The Hall–Kier alpha value is -1.16. The summed E-state index contributed by atoms with van der Waals surface area (Å²) in [6, 6.07) is 3.92. The Labute approximate surface area is 94.6 Å². The number of nitrogens with one attached hydrogen (secondary N) is 1. The van der Waals surface area contributed by atoms with Gasteiger partial charge in [-0.2, -0.15) is 4.39 Å². The molecule has 16 heavy (non-hydrogen) atoms. The highest BCUT2D eigenvalue weighted by Gasteiger charge is 2.07. The lowest BCUT2D eigenvalue weighted by Crippen LogP contribution is -2.22. The van der Waals surface area contributed by atoms with Crippen LogP contribution in [-0.4, -0.2) is 19.7 Å². The van der Waals surface area contributed by atoms with Gasteiger partial charge in [0.05, 0.1) is 0 Å². The van der Waals surface area contributed by atoms with Gasteiger partial charge in [0.25, 0.3) is 0 Å². The van der Waals surface area contributed by atoms with Crippen molar-refractivity contribution in [3.8, 4) is 5.75 Å². The van der Waals surface area contributed by atoms with E-state index in [1.54, 1.807) is 0 Å². The second-order valence-electron chi connectivity index (χ2n) is 3.50. The molecule has 0 fully saturated rings. The summed E-state index contributed by atoms with van der Waals surface area (Å²) in [5.74, 6) is -1.83. The summed E-state index contributed by atoms with van der Waals surface area (Å²) < 4.78 is 31.0. The smallest absolute Gasteiger partial charge is 0.200 e. The third-order valence-electron chi connectivity index (χ3n) is 2.16. The van der Waals surface area contributed by atoms with Gasteiger partial charge in [-0.1, -0.05) is 19.4 Å². The van der Waals surface area contributed by atoms with Crippen LogP contribution >= 0.6 is 0 Å². The molecule has 0 aliphatic rings. The molecule has 0 amide bonds. The molecule has 90 valence electrons. The zero-order chi connectivity index (χ0) is 11.8. The summed E-state index contributed by atoms with van der Waals surface area (Å²) in [4.78, 5) is 0. The summed E-state index contributed by atoms with van der Waals surface area (Å²) in [5.41, 5.74) is 0. The van der Waals surface area contributed by atoms with E-state index < -0.39 is 11.6 Å². The predicted molar refractivity (Wildman–Crippen MR) is 59.6 cm³/mol. The van der Waals surface area contributed by atoms with Gasteiger partial charge >= 0.3 is 0 Å². The Morgan fingerprint density at radius 2 is 2.06 bits per heavy atom. The first-order valence-electron chi connectivity index (χ1n) is 5.53. The molecule has 0 atom stereocenters. The number of benzene rings is 1. The molecule has 0 aliphatic heterocycles. The van der Waals surface area contributed by atoms with Crippen LogP contribution in [0.5, 0.6) is 5.75 Å². The van der Waals surface area contributed by atoms with Crippen LogP contribution in [0.25, 0.3) is 0 Å². The summed E-state index contributed by atoms with van der Waals surface area (Å²) in [7, 11) is 0. The summed E-state index contributed by atoms with van der Waals surface area (Å²) in [5, 5.41) is 3.15. The quantitative estimate of drug-likeness (QED) is 0.726. The van der Waals surface area contributed by atoms with Crippen LogP contribution in [0, 0.1) is 11.6 Å². The number of hydrogen-bond donors (Lipinski definition) is 1. The number of ether oxygens (including phenoxy) is 1. The minimum atomic E-state index is -0.920. The van der Waals surface area contributed by atoms with Crippen molar-refractivity contribution in [2.45, 2.75) is 19.8 Å². The van der Waals surface area contributed by atoms with Crippen LogP contribution in [-0.2, 0) is 0 Å². The molecule has 0 saturated carbocycles. The summed E-state index contributed by atoms with van der Waals surface area (Å²) in [6.45, 7) is 4.01. The Balaban J connectivity index is 2.24. The van der Waals surface area contributed by atoms with Crippen molar-refractivity contribution < 1.29 is 13.5 Å². The molecule has 0 unspecified atom stereocenters. The van der Waals surface area contributed by atoms with Gasteiger partial charge in [-0.3, -0.25) is 0 Å².